The van der Waals surface area contributed by atoms with Gasteiger partial charge < -0.3 is 10.4 Å². The van der Waals surface area contributed by atoms with Gasteiger partial charge in [-0.1, -0.05) is 53.8 Å². The SMILES string of the molecule is Cc1nnc(NC(c2ccccc2)c2ccc(O)cc2)s1. The van der Waals surface area contributed by atoms with E-state index in [-0.39, 0.29) is 11.8 Å². The summed E-state index contributed by atoms with van der Waals surface area (Å²) in [5.41, 5.74) is 2.20. The van der Waals surface area contributed by atoms with Crippen molar-refractivity contribution in [3.8, 4) is 5.75 Å². The fourth-order valence-electron chi connectivity index (χ4n) is 2.15. The normalized spacial score (nSPS) is 12.0. The fraction of sp³-hybridized carbons (Fsp3) is 0.125. The van der Waals surface area contributed by atoms with Gasteiger partial charge in [-0.3, -0.25) is 0 Å². The Labute approximate surface area is 127 Å². The number of benzene rings is 2. The maximum Gasteiger partial charge on any atom is 0.206 e. The second-order valence-corrected chi connectivity index (χ2v) is 5.89. The van der Waals surface area contributed by atoms with Crippen LogP contribution in [0.3, 0.4) is 0 Å². The van der Waals surface area contributed by atoms with Crippen molar-refractivity contribution in [2.75, 3.05) is 5.32 Å². The topological polar surface area (TPSA) is 58.0 Å². The highest BCUT2D eigenvalue weighted by molar-refractivity contribution is 7.15. The summed E-state index contributed by atoms with van der Waals surface area (Å²) >= 11 is 1.53. The van der Waals surface area contributed by atoms with Gasteiger partial charge in [0.25, 0.3) is 0 Å². The molecule has 1 unspecified atom stereocenters. The summed E-state index contributed by atoms with van der Waals surface area (Å²) in [6.07, 6.45) is 0. The zero-order valence-corrected chi connectivity index (χ0v) is 12.3. The molecular formula is C16H15N3OS. The first-order valence-electron chi connectivity index (χ1n) is 6.63. The Morgan fingerprint density at radius 1 is 0.952 bits per heavy atom. The average Bonchev–Trinajstić information content (AvgIpc) is 2.92. The van der Waals surface area contributed by atoms with E-state index in [4.69, 9.17) is 0 Å². The van der Waals surface area contributed by atoms with E-state index in [1.165, 1.54) is 11.3 Å². The highest BCUT2D eigenvalue weighted by Crippen LogP contribution is 2.28. The van der Waals surface area contributed by atoms with Crippen molar-refractivity contribution in [1.29, 1.82) is 0 Å². The summed E-state index contributed by atoms with van der Waals surface area (Å²) in [6.45, 7) is 1.93. The molecule has 0 spiro atoms. The van der Waals surface area contributed by atoms with Crippen LogP contribution in [0.4, 0.5) is 5.13 Å². The molecule has 5 heteroatoms. The molecule has 3 aromatic rings. The van der Waals surface area contributed by atoms with Gasteiger partial charge in [0.1, 0.15) is 10.8 Å². The number of phenolic OH excluding ortho intramolecular Hbond substituents is 1. The van der Waals surface area contributed by atoms with Crippen LogP contribution in [-0.2, 0) is 0 Å². The number of hydrogen-bond donors (Lipinski definition) is 2. The first-order chi connectivity index (χ1) is 10.2. The number of hydrogen-bond acceptors (Lipinski definition) is 5. The minimum Gasteiger partial charge on any atom is -0.508 e. The quantitative estimate of drug-likeness (QED) is 0.770. The number of nitrogens with zero attached hydrogens (tertiary/aromatic N) is 2. The molecule has 0 aliphatic heterocycles. The van der Waals surface area contributed by atoms with E-state index in [1.807, 2.05) is 37.3 Å². The molecule has 0 radical (unpaired) electrons. The van der Waals surface area contributed by atoms with Crippen LogP contribution in [0.1, 0.15) is 22.2 Å². The van der Waals surface area contributed by atoms with Gasteiger partial charge in [0.15, 0.2) is 0 Å². The van der Waals surface area contributed by atoms with Crippen LogP contribution in [0.15, 0.2) is 54.6 Å². The van der Waals surface area contributed by atoms with Gasteiger partial charge in [-0.25, -0.2) is 0 Å². The van der Waals surface area contributed by atoms with E-state index >= 15 is 0 Å². The predicted molar refractivity (Wildman–Crippen MR) is 84.7 cm³/mol. The molecule has 0 amide bonds. The molecule has 0 aliphatic rings. The Morgan fingerprint density at radius 2 is 1.62 bits per heavy atom. The highest BCUT2D eigenvalue weighted by atomic mass is 32.1. The molecular weight excluding hydrogens is 282 g/mol. The maximum absolute atomic E-state index is 9.46. The maximum atomic E-state index is 9.46. The number of nitrogens with one attached hydrogen (secondary N) is 1. The zero-order chi connectivity index (χ0) is 14.7. The predicted octanol–water partition coefficient (Wildman–Crippen LogP) is 3.75. The number of aromatic nitrogens is 2. The van der Waals surface area contributed by atoms with Crippen LogP contribution in [0.25, 0.3) is 0 Å². The van der Waals surface area contributed by atoms with Crippen molar-refractivity contribution < 1.29 is 5.11 Å². The van der Waals surface area contributed by atoms with Gasteiger partial charge in [-0.05, 0) is 30.2 Å². The fourth-order valence-corrected chi connectivity index (χ4v) is 2.77. The molecule has 0 fully saturated rings. The lowest BCUT2D eigenvalue weighted by Gasteiger charge is -2.19. The van der Waals surface area contributed by atoms with Crippen LogP contribution >= 0.6 is 11.3 Å². The van der Waals surface area contributed by atoms with Gasteiger partial charge in [0.2, 0.25) is 5.13 Å². The van der Waals surface area contributed by atoms with Crippen LogP contribution < -0.4 is 5.32 Å². The summed E-state index contributed by atoms with van der Waals surface area (Å²) in [7, 11) is 0. The van der Waals surface area contributed by atoms with E-state index in [0.717, 1.165) is 21.3 Å². The number of rotatable bonds is 4. The number of phenols is 1. The summed E-state index contributed by atoms with van der Waals surface area (Å²) < 4.78 is 0. The third-order valence-corrected chi connectivity index (χ3v) is 3.92. The Bertz CT molecular complexity index is 710. The van der Waals surface area contributed by atoms with Crippen molar-refractivity contribution in [2.24, 2.45) is 0 Å². The Hall–Kier alpha value is -2.40. The van der Waals surface area contributed by atoms with Crippen molar-refractivity contribution in [2.45, 2.75) is 13.0 Å². The Morgan fingerprint density at radius 3 is 2.24 bits per heavy atom. The molecule has 0 bridgehead atoms. The van der Waals surface area contributed by atoms with Crippen LogP contribution in [0.5, 0.6) is 5.75 Å². The van der Waals surface area contributed by atoms with Gasteiger partial charge in [0, 0.05) is 0 Å². The molecule has 1 atom stereocenters. The molecule has 0 saturated carbocycles. The largest absolute Gasteiger partial charge is 0.508 e. The second-order valence-electron chi connectivity index (χ2n) is 4.71. The molecule has 4 nitrogen and oxygen atoms in total. The molecule has 3 rings (SSSR count). The summed E-state index contributed by atoms with van der Waals surface area (Å²) in [5, 5.41) is 22.8. The van der Waals surface area contributed by atoms with Crippen molar-refractivity contribution in [3.63, 3.8) is 0 Å². The smallest absolute Gasteiger partial charge is 0.206 e. The Balaban J connectivity index is 1.96. The third kappa shape index (κ3) is 3.20. The van der Waals surface area contributed by atoms with E-state index < -0.39 is 0 Å². The summed E-state index contributed by atoms with van der Waals surface area (Å²) in [5.74, 6) is 0.261. The lowest BCUT2D eigenvalue weighted by molar-refractivity contribution is 0.475. The lowest BCUT2D eigenvalue weighted by Crippen LogP contribution is -2.12. The molecule has 106 valence electrons. The van der Waals surface area contributed by atoms with Gasteiger partial charge in [-0.15, -0.1) is 10.2 Å². The van der Waals surface area contributed by atoms with Gasteiger partial charge >= 0.3 is 0 Å². The molecule has 2 aromatic carbocycles. The first-order valence-corrected chi connectivity index (χ1v) is 7.44. The molecule has 1 heterocycles. The van der Waals surface area contributed by atoms with Crippen molar-refractivity contribution in [1.82, 2.24) is 10.2 Å². The number of aromatic hydroxyl groups is 1. The van der Waals surface area contributed by atoms with E-state index in [1.54, 1.807) is 12.1 Å². The van der Waals surface area contributed by atoms with E-state index in [9.17, 15) is 5.11 Å². The van der Waals surface area contributed by atoms with Crippen LogP contribution in [0.2, 0.25) is 0 Å². The standard InChI is InChI=1S/C16H15N3OS/c1-11-18-19-16(21-11)17-15(12-5-3-2-4-6-12)13-7-9-14(20)10-8-13/h2-10,15,20H,1H3,(H,17,19). The number of anilines is 1. The molecule has 0 aliphatic carbocycles. The summed E-state index contributed by atoms with van der Waals surface area (Å²) in [6, 6.07) is 17.3. The Kier molecular flexibility index (Phi) is 3.83. The zero-order valence-electron chi connectivity index (χ0n) is 11.5. The molecule has 1 aromatic heterocycles. The summed E-state index contributed by atoms with van der Waals surface area (Å²) in [4.78, 5) is 0. The van der Waals surface area contributed by atoms with Crippen molar-refractivity contribution >= 4 is 16.5 Å². The third-order valence-electron chi connectivity index (χ3n) is 3.15. The molecule has 0 saturated heterocycles. The highest BCUT2D eigenvalue weighted by Gasteiger charge is 2.15. The second kappa shape index (κ2) is 5.93. The van der Waals surface area contributed by atoms with Crippen LogP contribution in [-0.4, -0.2) is 15.3 Å². The minimum absolute atomic E-state index is 0.0286. The van der Waals surface area contributed by atoms with Crippen LogP contribution in [0, 0.1) is 6.92 Å². The monoisotopic (exact) mass is 297 g/mol. The van der Waals surface area contributed by atoms with E-state index in [0.29, 0.717) is 0 Å². The average molecular weight is 297 g/mol. The molecule has 2 N–H and O–H groups in total. The lowest BCUT2D eigenvalue weighted by atomic mass is 9.99. The van der Waals surface area contributed by atoms with Gasteiger partial charge in [-0.2, -0.15) is 0 Å². The van der Waals surface area contributed by atoms with E-state index in [2.05, 4.69) is 27.6 Å². The van der Waals surface area contributed by atoms with Gasteiger partial charge in [0.05, 0.1) is 6.04 Å². The minimum atomic E-state index is -0.0286. The molecule has 21 heavy (non-hydrogen) atoms. The van der Waals surface area contributed by atoms with Crippen molar-refractivity contribution in [3.05, 3.63) is 70.7 Å². The number of aryl methyl sites for hydroxylation is 1. The first kappa shape index (κ1) is 13.6.